The number of nitrogens with zero attached hydrogens (tertiary/aromatic N) is 10. The Morgan fingerprint density at radius 2 is 0.805 bits per heavy atom. The van der Waals surface area contributed by atoms with Crippen molar-refractivity contribution in [3.8, 4) is 22.5 Å². The zero-order valence-electron chi connectivity index (χ0n) is 50.2. The second kappa shape index (κ2) is 22.9. The van der Waals surface area contributed by atoms with Crippen molar-refractivity contribution in [2.45, 2.75) is 232 Å². The van der Waals surface area contributed by atoms with Gasteiger partial charge in [-0.2, -0.15) is 0 Å². The van der Waals surface area contributed by atoms with Gasteiger partial charge in [0.1, 0.15) is 5.69 Å². The molecule has 0 unspecified atom stereocenters. The van der Waals surface area contributed by atoms with Gasteiger partial charge >= 0.3 is 5.97 Å². The maximum absolute atomic E-state index is 10.5. The smallest absolute Gasteiger partial charge is 0.354 e. The summed E-state index contributed by atoms with van der Waals surface area (Å²) in [7, 11) is 3.70. The van der Waals surface area contributed by atoms with Gasteiger partial charge in [-0.25, -0.2) is 9.78 Å². The van der Waals surface area contributed by atoms with E-state index in [0.717, 1.165) is 77.2 Å². The van der Waals surface area contributed by atoms with E-state index in [1.54, 1.807) is 6.07 Å². The second-order valence-electron chi connectivity index (χ2n) is 27.2. The fourth-order valence-electron chi connectivity index (χ4n) is 13.9. The van der Waals surface area contributed by atoms with E-state index in [-0.39, 0.29) is 70.1 Å². The minimum absolute atomic E-state index is 0. The summed E-state index contributed by atoms with van der Waals surface area (Å²) in [5, 5.41) is 8.61. The minimum atomic E-state index is -1.00. The van der Waals surface area contributed by atoms with Gasteiger partial charge in [0.25, 0.3) is 0 Å². The molecule has 0 saturated carbocycles. The van der Waals surface area contributed by atoms with Crippen LogP contribution in [0, 0.1) is 12.1 Å². The molecule has 9 heterocycles. The van der Waals surface area contributed by atoms with Gasteiger partial charge in [0.15, 0.2) is 0 Å². The Balaban J connectivity index is 0.000000204. The third kappa shape index (κ3) is 13.3. The van der Waals surface area contributed by atoms with E-state index in [9.17, 15) is 4.79 Å². The van der Waals surface area contributed by atoms with E-state index in [1.165, 1.54) is 63.6 Å². The van der Waals surface area contributed by atoms with Crippen LogP contribution in [0.25, 0.3) is 22.5 Å². The Morgan fingerprint density at radius 3 is 1.09 bits per heavy atom. The molecule has 1 N–H and O–H groups in total. The van der Waals surface area contributed by atoms with Crippen molar-refractivity contribution in [2.75, 3.05) is 38.6 Å². The molecule has 4 fully saturated rings. The van der Waals surface area contributed by atoms with Crippen molar-refractivity contribution in [3.05, 3.63) is 97.1 Å². The summed E-state index contributed by atoms with van der Waals surface area (Å²) in [5.74, 6) is 3.11. The molecule has 0 atom stereocenters. The molecular formula is C64H92IrN10O2-2. The SMILES string of the molecule is CC1(C)CCCC(C)(C)N1c1c[c-]c(-c2ccccn2)c(N2C(C)(C)CCCC2(C)C)n1.CC1(C)CCCC(C)(C)N1c1c[c-]c(-c2ccccn2)c(N2C(C)(C)CCCC2(C)C)n1.CN(C)c1ccnc(C(=O)O)c1.[Ir]. The molecule has 77 heavy (non-hydrogen) atoms. The summed E-state index contributed by atoms with van der Waals surface area (Å²) in [6.45, 7) is 37.7. The molecule has 5 aromatic rings. The van der Waals surface area contributed by atoms with E-state index >= 15 is 0 Å². The molecule has 0 aromatic carbocycles. The first-order chi connectivity index (χ1) is 35.3. The molecule has 0 aliphatic carbocycles. The number of hydrogen-bond donors (Lipinski definition) is 1. The number of carboxylic acids is 1. The van der Waals surface area contributed by atoms with Crippen molar-refractivity contribution in [1.82, 2.24) is 24.9 Å². The van der Waals surface area contributed by atoms with Crippen molar-refractivity contribution >= 4 is 34.9 Å². The molecule has 0 spiro atoms. The van der Waals surface area contributed by atoms with Gasteiger partial charge in [0, 0.05) is 126 Å². The largest absolute Gasteiger partial charge is 0.477 e. The zero-order chi connectivity index (χ0) is 55.9. The molecule has 4 aliphatic heterocycles. The maximum atomic E-state index is 10.5. The van der Waals surface area contributed by atoms with E-state index in [0.29, 0.717) is 0 Å². The first-order valence-electron chi connectivity index (χ1n) is 28.1. The molecule has 12 nitrogen and oxygen atoms in total. The molecule has 1 radical (unpaired) electrons. The van der Waals surface area contributed by atoms with E-state index in [1.807, 2.05) is 43.5 Å². The first kappa shape index (κ1) is 61.1. The predicted molar refractivity (Wildman–Crippen MR) is 316 cm³/mol. The normalized spacial score (nSPS) is 21.2. The number of carbonyl (C=O) groups is 1. The summed E-state index contributed by atoms with van der Waals surface area (Å²) < 4.78 is 0. The van der Waals surface area contributed by atoms with Gasteiger partial charge in [-0.05, 0) is 223 Å². The Kier molecular flexibility index (Phi) is 18.2. The van der Waals surface area contributed by atoms with Gasteiger partial charge in [-0.15, -0.1) is 24.3 Å². The van der Waals surface area contributed by atoms with Gasteiger partial charge in [0.2, 0.25) is 0 Å². The van der Waals surface area contributed by atoms with Crippen LogP contribution < -0.4 is 24.5 Å². The summed E-state index contributed by atoms with van der Waals surface area (Å²) in [5.41, 5.74) is 5.06. The van der Waals surface area contributed by atoms with Crippen LogP contribution in [-0.4, -0.2) is 94.4 Å². The van der Waals surface area contributed by atoms with Crippen LogP contribution in [0.2, 0.25) is 0 Å². The molecule has 421 valence electrons. The van der Waals surface area contributed by atoms with Gasteiger partial charge in [0.05, 0.1) is 0 Å². The van der Waals surface area contributed by atoms with E-state index < -0.39 is 5.97 Å². The van der Waals surface area contributed by atoms with E-state index in [4.69, 9.17) is 15.1 Å². The average Bonchev–Trinajstić information content (AvgIpc) is 3.34. The monoisotopic (exact) mass is 1230 g/mol. The van der Waals surface area contributed by atoms with Crippen molar-refractivity contribution in [1.29, 1.82) is 0 Å². The predicted octanol–water partition coefficient (Wildman–Crippen LogP) is 14.9. The molecule has 0 bridgehead atoms. The average molecular weight is 1230 g/mol. The quantitative estimate of drug-likeness (QED) is 0.149. The molecular weight excluding hydrogens is 1130 g/mol. The van der Waals surface area contributed by atoms with Gasteiger partial charge < -0.3 is 49.5 Å². The third-order valence-electron chi connectivity index (χ3n) is 16.9. The fraction of sp³-hybridized carbons (Fsp3) is 0.594. The second-order valence-corrected chi connectivity index (χ2v) is 27.2. The number of carboxylic acid groups (broad SMARTS) is 1. The molecule has 0 amide bonds. The number of piperidine rings is 4. The van der Waals surface area contributed by atoms with Crippen LogP contribution in [0.3, 0.4) is 0 Å². The summed E-state index contributed by atoms with van der Waals surface area (Å²) in [4.78, 5) is 46.5. The Labute approximate surface area is 477 Å². The van der Waals surface area contributed by atoms with Crippen LogP contribution in [-0.2, 0) is 20.1 Å². The molecule has 4 aliphatic rings. The summed E-state index contributed by atoms with van der Waals surface area (Å²) in [6.07, 6.45) is 19.5. The molecule has 13 heteroatoms. The van der Waals surface area contributed by atoms with Crippen LogP contribution in [0.4, 0.5) is 29.0 Å². The first-order valence-corrected chi connectivity index (χ1v) is 28.1. The Morgan fingerprint density at radius 1 is 0.481 bits per heavy atom. The number of pyridine rings is 5. The zero-order valence-corrected chi connectivity index (χ0v) is 52.5. The van der Waals surface area contributed by atoms with Crippen LogP contribution in [0.1, 0.15) is 198 Å². The summed E-state index contributed by atoms with van der Waals surface area (Å²) >= 11 is 0. The van der Waals surface area contributed by atoms with Crippen molar-refractivity contribution in [2.24, 2.45) is 0 Å². The minimum Gasteiger partial charge on any atom is -0.477 e. The van der Waals surface area contributed by atoms with Crippen molar-refractivity contribution < 1.29 is 30.0 Å². The molecule has 4 saturated heterocycles. The maximum Gasteiger partial charge on any atom is 0.354 e. The van der Waals surface area contributed by atoms with Gasteiger partial charge in [-0.1, -0.05) is 35.4 Å². The number of rotatable bonds is 8. The number of aromatic carboxylic acids is 1. The van der Waals surface area contributed by atoms with Crippen LogP contribution >= 0.6 is 0 Å². The fourth-order valence-corrected chi connectivity index (χ4v) is 13.9. The molecule has 9 rings (SSSR count). The Hall–Kier alpha value is -5.13. The summed E-state index contributed by atoms with van der Waals surface area (Å²) in [6, 6.07) is 27.0. The number of anilines is 5. The third-order valence-corrected chi connectivity index (χ3v) is 16.9. The number of aromatic nitrogens is 5. The standard InChI is InChI=1S/2C28H41N4.C8H10N2O2.Ir/c2*1-25(2)16-11-17-26(3,4)31(25)23-15-14-21(22-13-9-10-20-29-22)24(30-23)32-27(5,6)18-12-19-28(32,7)8;1-10(2)6-3-4-9-7(5-6)8(11)12;/h2*9-10,13,15,20H,11-12,16-19H2,1-8H3;3-5H,1-2H3,(H,11,12);/q2*-1;;. The van der Waals surface area contributed by atoms with Crippen molar-refractivity contribution in [3.63, 3.8) is 0 Å². The topological polar surface area (TPSA) is 118 Å². The van der Waals surface area contributed by atoms with Gasteiger partial charge in [-0.3, -0.25) is 0 Å². The van der Waals surface area contributed by atoms with E-state index in [2.05, 4.69) is 194 Å². The van der Waals surface area contributed by atoms with Crippen LogP contribution in [0.15, 0.2) is 79.3 Å². The van der Waals surface area contributed by atoms with Crippen LogP contribution in [0.5, 0.6) is 0 Å². The number of hydrogen-bond acceptors (Lipinski definition) is 11. The Bertz CT molecular complexity index is 2570. The molecule has 5 aromatic heterocycles.